The summed E-state index contributed by atoms with van der Waals surface area (Å²) in [4.78, 5) is 17.2. The molecule has 0 radical (unpaired) electrons. The zero-order valence-electron chi connectivity index (χ0n) is 12.0. The van der Waals surface area contributed by atoms with Crippen LogP contribution in [0.5, 0.6) is 0 Å². The van der Waals surface area contributed by atoms with Crippen molar-refractivity contribution in [1.82, 2.24) is 4.98 Å². The molecule has 3 nitrogen and oxygen atoms in total. The van der Waals surface area contributed by atoms with Crippen molar-refractivity contribution >= 4 is 16.7 Å². The van der Waals surface area contributed by atoms with Crippen LogP contribution in [0.1, 0.15) is 42.2 Å². The Kier molecular flexibility index (Phi) is 3.30. The Hall–Kier alpha value is -1.74. The molecular weight excluding hydrogens is 250 g/mol. The summed E-state index contributed by atoms with van der Waals surface area (Å²) in [5.41, 5.74) is 1.97. The average molecular weight is 269 g/mol. The Morgan fingerprint density at radius 3 is 2.85 bits per heavy atom. The molecule has 1 atom stereocenters. The number of Topliss-reactive ketones (excluding diaryl/α,β-unsaturated/α-hetero) is 1. The molecule has 1 unspecified atom stereocenters. The minimum atomic E-state index is -0.663. The van der Waals surface area contributed by atoms with Crippen LogP contribution in [-0.4, -0.2) is 23.0 Å². The van der Waals surface area contributed by atoms with E-state index < -0.39 is 5.60 Å². The largest absolute Gasteiger partial charge is 0.367 e. The van der Waals surface area contributed by atoms with Gasteiger partial charge in [0, 0.05) is 23.3 Å². The van der Waals surface area contributed by atoms with E-state index in [1.54, 1.807) is 0 Å². The zero-order chi connectivity index (χ0) is 14.2. The fraction of sp³-hybridized carbons (Fsp3) is 0.412. The number of fused-ring (bicyclic) bond motifs is 1. The van der Waals surface area contributed by atoms with Crippen LogP contribution in [0.2, 0.25) is 0 Å². The number of carbonyl (C=O) groups is 1. The molecule has 0 N–H and O–H groups in total. The Bertz CT molecular complexity index is 657. The molecule has 0 saturated carbocycles. The summed E-state index contributed by atoms with van der Waals surface area (Å²) in [5.74, 6) is 0.0830. The Morgan fingerprint density at radius 2 is 2.10 bits per heavy atom. The first-order valence-corrected chi connectivity index (χ1v) is 7.15. The van der Waals surface area contributed by atoms with Crippen molar-refractivity contribution in [3.05, 3.63) is 41.6 Å². The van der Waals surface area contributed by atoms with E-state index in [1.165, 1.54) is 0 Å². The lowest BCUT2D eigenvalue weighted by molar-refractivity contribution is -0.0426. The number of rotatable bonds is 2. The number of hydrogen-bond donors (Lipinski definition) is 0. The fourth-order valence-electron chi connectivity index (χ4n) is 2.79. The van der Waals surface area contributed by atoms with Gasteiger partial charge in [-0.3, -0.25) is 9.78 Å². The summed E-state index contributed by atoms with van der Waals surface area (Å²) in [6.45, 7) is 4.55. The van der Waals surface area contributed by atoms with Gasteiger partial charge < -0.3 is 4.74 Å². The van der Waals surface area contributed by atoms with Crippen LogP contribution in [0.25, 0.3) is 10.9 Å². The molecule has 1 saturated heterocycles. The summed E-state index contributed by atoms with van der Waals surface area (Å²) < 4.78 is 5.75. The van der Waals surface area contributed by atoms with E-state index in [4.69, 9.17) is 4.74 Å². The first-order chi connectivity index (χ1) is 9.58. The van der Waals surface area contributed by atoms with Gasteiger partial charge in [0.2, 0.25) is 0 Å². The second-order valence-electron chi connectivity index (χ2n) is 5.73. The molecule has 1 fully saturated rings. The van der Waals surface area contributed by atoms with Crippen LogP contribution in [0.4, 0.5) is 0 Å². The van der Waals surface area contributed by atoms with Crippen molar-refractivity contribution in [3.8, 4) is 0 Å². The lowest BCUT2D eigenvalue weighted by Crippen LogP contribution is -2.41. The number of carbonyl (C=O) groups excluding carboxylic acids is 1. The van der Waals surface area contributed by atoms with Crippen LogP contribution in [0, 0.1) is 6.92 Å². The molecule has 1 aromatic heterocycles. The number of ketones is 1. The highest BCUT2D eigenvalue weighted by Crippen LogP contribution is 2.29. The lowest BCUT2D eigenvalue weighted by Gasteiger charge is -2.32. The van der Waals surface area contributed by atoms with Crippen molar-refractivity contribution in [2.24, 2.45) is 0 Å². The van der Waals surface area contributed by atoms with Gasteiger partial charge in [-0.15, -0.1) is 0 Å². The third kappa shape index (κ3) is 2.34. The van der Waals surface area contributed by atoms with E-state index in [0.717, 1.165) is 35.9 Å². The number of benzene rings is 1. The first-order valence-electron chi connectivity index (χ1n) is 7.15. The molecule has 0 aliphatic carbocycles. The van der Waals surface area contributed by atoms with Gasteiger partial charge in [0.1, 0.15) is 5.60 Å². The average Bonchev–Trinajstić information content (AvgIpc) is 2.46. The van der Waals surface area contributed by atoms with E-state index in [1.807, 2.05) is 44.2 Å². The van der Waals surface area contributed by atoms with E-state index in [0.29, 0.717) is 12.2 Å². The van der Waals surface area contributed by atoms with Crippen molar-refractivity contribution in [1.29, 1.82) is 0 Å². The van der Waals surface area contributed by atoms with E-state index in [9.17, 15) is 4.79 Å². The summed E-state index contributed by atoms with van der Waals surface area (Å²) >= 11 is 0. The number of ether oxygens (including phenoxy) is 1. The van der Waals surface area contributed by atoms with Crippen molar-refractivity contribution in [3.63, 3.8) is 0 Å². The molecule has 0 amide bonds. The van der Waals surface area contributed by atoms with Gasteiger partial charge in [-0.1, -0.05) is 6.07 Å². The Labute approximate surface area is 119 Å². The standard InChI is InChI=1S/C17H19NO2/c1-12-5-6-13-11-14(7-8-15(13)18-12)16(19)17(2)9-3-4-10-20-17/h5-8,11H,3-4,9-10H2,1-2H3. The molecule has 3 rings (SSSR count). The normalized spacial score (nSPS) is 22.9. The number of nitrogens with zero attached hydrogens (tertiary/aromatic N) is 1. The molecule has 0 bridgehead atoms. The maximum Gasteiger partial charge on any atom is 0.194 e. The number of aryl methyl sites for hydroxylation is 1. The van der Waals surface area contributed by atoms with Crippen molar-refractivity contribution in [2.45, 2.75) is 38.7 Å². The minimum Gasteiger partial charge on any atom is -0.367 e. The Balaban J connectivity index is 1.97. The number of hydrogen-bond acceptors (Lipinski definition) is 3. The second kappa shape index (κ2) is 4.98. The summed E-state index contributed by atoms with van der Waals surface area (Å²) in [6.07, 6.45) is 2.90. The van der Waals surface area contributed by atoms with Crippen molar-refractivity contribution in [2.75, 3.05) is 6.61 Å². The summed E-state index contributed by atoms with van der Waals surface area (Å²) in [5, 5.41) is 1.00. The van der Waals surface area contributed by atoms with Crippen molar-refractivity contribution < 1.29 is 9.53 Å². The number of aromatic nitrogens is 1. The first kappa shape index (κ1) is 13.3. The van der Waals surface area contributed by atoms with Crippen LogP contribution in [0.15, 0.2) is 30.3 Å². The monoisotopic (exact) mass is 269 g/mol. The fourth-order valence-corrected chi connectivity index (χ4v) is 2.79. The highest BCUT2D eigenvalue weighted by atomic mass is 16.5. The maximum absolute atomic E-state index is 12.7. The summed E-state index contributed by atoms with van der Waals surface area (Å²) in [7, 11) is 0. The van der Waals surface area contributed by atoms with Crippen LogP contribution in [0.3, 0.4) is 0 Å². The van der Waals surface area contributed by atoms with Gasteiger partial charge in [0.25, 0.3) is 0 Å². The predicted octanol–water partition coefficient (Wildman–Crippen LogP) is 3.69. The molecule has 20 heavy (non-hydrogen) atoms. The molecule has 3 heteroatoms. The quantitative estimate of drug-likeness (QED) is 0.781. The van der Waals surface area contributed by atoms with Gasteiger partial charge in [-0.25, -0.2) is 0 Å². The highest BCUT2D eigenvalue weighted by Gasteiger charge is 2.36. The topological polar surface area (TPSA) is 39.2 Å². The van der Waals surface area contributed by atoms with Gasteiger partial charge in [0.05, 0.1) is 5.52 Å². The third-order valence-electron chi connectivity index (χ3n) is 4.04. The zero-order valence-corrected chi connectivity index (χ0v) is 12.0. The van der Waals surface area contributed by atoms with Gasteiger partial charge in [0.15, 0.2) is 5.78 Å². The van der Waals surface area contributed by atoms with Gasteiger partial charge in [-0.2, -0.15) is 0 Å². The highest BCUT2D eigenvalue weighted by molar-refractivity contribution is 6.04. The second-order valence-corrected chi connectivity index (χ2v) is 5.73. The molecular formula is C17H19NO2. The third-order valence-corrected chi connectivity index (χ3v) is 4.04. The maximum atomic E-state index is 12.7. The van der Waals surface area contributed by atoms with Crippen LogP contribution >= 0.6 is 0 Å². The minimum absolute atomic E-state index is 0.0830. The van der Waals surface area contributed by atoms with E-state index in [-0.39, 0.29) is 5.78 Å². The molecule has 1 aromatic carbocycles. The predicted molar refractivity (Wildman–Crippen MR) is 79.0 cm³/mol. The van der Waals surface area contributed by atoms with Crippen LogP contribution < -0.4 is 0 Å². The lowest BCUT2D eigenvalue weighted by atomic mass is 9.87. The van der Waals surface area contributed by atoms with Gasteiger partial charge >= 0.3 is 0 Å². The molecule has 1 aliphatic heterocycles. The Morgan fingerprint density at radius 1 is 1.25 bits per heavy atom. The van der Waals surface area contributed by atoms with Crippen LogP contribution in [-0.2, 0) is 4.74 Å². The molecule has 2 heterocycles. The molecule has 1 aliphatic rings. The summed E-state index contributed by atoms with van der Waals surface area (Å²) in [6, 6.07) is 9.68. The molecule has 104 valence electrons. The molecule has 0 spiro atoms. The van der Waals surface area contributed by atoms with E-state index >= 15 is 0 Å². The smallest absolute Gasteiger partial charge is 0.194 e. The van der Waals surface area contributed by atoms with Gasteiger partial charge in [-0.05, 0) is 57.4 Å². The molecule has 2 aromatic rings. The SMILES string of the molecule is Cc1ccc2cc(C(=O)C3(C)CCCCO3)ccc2n1. The number of pyridine rings is 1. The van der Waals surface area contributed by atoms with E-state index in [2.05, 4.69) is 4.98 Å².